The molecule has 6 nitrogen and oxygen atoms in total. The fraction of sp³-hybridized carbons (Fsp3) is 0.375. The normalized spacial score (nSPS) is 16.3. The minimum Gasteiger partial charge on any atom is -0.411 e. The Balaban J connectivity index is 1.56. The van der Waals surface area contributed by atoms with E-state index in [1.807, 2.05) is 30.3 Å². The van der Waals surface area contributed by atoms with E-state index >= 15 is 0 Å². The third-order valence-corrected chi connectivity index (χ3v) is 4.60. The lowest BCUT2D eigenvalue weighted by molar-refractivity contribution is -0.119. The molecule has 0 spiro atoms. The van der Waals surface area contributed by atoms with Crippen LogP contribution in [0.4, 0.5) is 0 Å². The zero-order valence-corrected chi connectivity index (χ0v) is 13.5. The van der Waals surface area contributed by atoms with E-state index in [1.54, 1.807) is 6.92 Å². The molecule has 1 atom stereocenters. The molecule has 1 aromatic heterocycles. The average molecular weight is 328 g/mol. The lowest BCUT2D eigenvalue weighted by atomic mass is 9.98. The van der Waals surface area contributed by atoms with Gasteiger partial charge in [0.15, 0.2) is 0 Å². The van der Waals surface area contributed by atoms with Crippen LogP contribution < -0.4 is 5.32 Å². The van der Waals surface area contributed by atoms with Gasteiger partial charge in [-0.05, 0) is 37.8 Å². The summed E-state index contributed by atoms with van der Waals surface area (Å²) in [5, 5.41) is 20.3. The molecule has 3 rings (SSSR count). The van der Waals surface area contributed by atoms with Crippen molar-refractivity contribution in [3.05, 3.63) is 30.3 Å². The van der Waals surface area contributed by atoms with E-state index in [2.05, 4.69) is 21.6 Å². The number of aromatic nitrogens is 2. The summed E-state index contributed by atoms with van der Waals surface area (Å²) < 4.78 is 5.53. The molecule has 0 radical (unpaired) electrons. The van der Waals surface area contributed by atoms with Crippen LogP contribution in [0.15, 0.2) is 40.0 Å². The second kappa shape index (κ2) is 6.42. The highest BCUT2D eigenvalue weighted by atomic mass is 32.2. The highest BCUT2D eigenvalue weighted by molar-refractivity contribution is 7.99. The predicted molar refractivity (Wildman–Crippen MR) is 85.3 cm³/mol. The number of carbonyl (C=O) groups excluding carboxylic acids is 1. The summed E-state index contributed by atoms with van der Waals surface area (Å²) in [4.78, 5) is 12.0. The lowest BCUT2D eigenvalue weighted by Gasteiger charge is -2.22. The first-order valence-electron chi connectivity index (χ1n) is 7.35. The van der Waals surface area contributed by atoms with E-state index < -0.39 is 5.54 Å². The third kappa shape index (κ3) is 3.71. The van der Waals surface area contributed by atoms with Crippen molar-refractivity contribution in [1.29, 1.82) is 5.26 Å². The summed E-state index contributed by atoms with van der Waals surface area (Å²) in [6.07, 6.45) is 1.98. The molecule has 1 aliphatic carbocycles. The van der Waals surface area contributed by atoms with Crippen molar-refractivity contribution in [2.45, 2.75) is 30.5 Å². The third-order valence-electron chi connectivity index (χ3n) is 3.78. The van der Waals surface area contributed by atoms with Crippen LogP contribution in [0.25, 0.3) is 11.5 Å². The van der Waals surface area contributed by atoms with Crippen molar-refractivity contribution in [3.8, 4) is 17.5 Å². The SMILES string of the molecule is C[C@@](C#N)(NC(=O)CSc1nnc(-c2ccccc2)o1)C1CC1. The van der Waals surface area contributed by atoms with Crippen molar-refractivity contribution >= 4 is 17.7 Å². The Morgan fingerprint density at radius 3 is 2.83 bits per heavy atom. The van der Waals surface area contributed by atoms with Crippen LogP contribution >= 0.6 is 11.8 Å². The van der Waals surface area contributed by atoms with Crippen LogP contribution in [-0.4, -0.2) is 27.4 Å². The molecule has 0 aliphatic heterocycles. The van der Waals surface area contributed by atoms with Gasteiger partial charge in [0.25, 0.3) is 5.22 Å². The van der Waals surface area contributed by atoms with Crippen LogP contribution in [0, 0.1) is 17.2 Å². The maximum atomic E-state index is 12.0. The highest BCUT2D eigenvalue weighted by Gasteiger charge is 2.42. The number of benzene rings is 1. The van der Waals surface area contributed by atoms with Crippen molar-refractivity contribution in [2.75, 3.05) is 5.75 Å². The zero-order chi connectivity index (χ0) is 16.3. The number of amides is 1. The van der Waals surface area contributed by atoms with Gasteiger partial charge in [0, 0.05) is 5.56 Å². The standard InChI is InChI=1S/C16H16N4O2S/c1-16(10-17,12-7-8-12)18-13(21)9-23-15-20-19-14(22-15)11-5-3-2-4-6-11/h2-6,12H,7-9H2,1H3,(H,18,21)/t16-/m0/s1. The maximum absolute atomic E-state index is 12.0. The number of rotatable bonds is 6. The molecule has 7 heteroatoms. The first kappa shape index (κ1) is 15.6. The minimum atomic E-state index is -0.776. The molecule has 1 heterocycles. The van der Waals surface area contributed by atoms with Gasteiger partial charge in [-0.25, -0.2) is 0 Å². The molecule has 0 saturated heterocycles. The quantitative estimate of drug-likeness (QED) is 0.820. The lowest BCUT2D eigenvalue weighted by Crippen LogP contribution is -2.47. The summed E-state index contributed by atoms with van der Waals surface area (Å²) in [5.74, 6) is 0.619. The minimum absolute atomic E-state index is 0.139. The Labute approximate surface area is 138 Å². The molecular formula is C16H16N4O2S. The monoisotopic (exact) mass is 328 g/mol. The summed E-state index contributed by atoms with van der Waals surface area (Å²) in [7, 11) is 0. The molecule has 0 unspecified atom stereocenters. The fourth-order valence-electron chi connectivity index (χ4n) is 2.30. The van der Waals surface area contributed by atoms with Gasteiger partial charge in [-0.15, -0.1) is 10.2 Å². The highest BCUT2D eigenvalue weighted by Crippen LogP contribution is 2.39. The van der Waals surface area contributed by atoms with Crippen molar-refractivity contribution in [1.82, 2.24) is 15.5 Å². The number of nitrogens with zero attached hydrogens (tertiary/aromatic N) is 3. The van der Waals surface area contributed by atoms with Crippen LogP contribution in [0.5, 0.6) is 0 Å². The molecular weight excluding hydrogens is 312 g/mol. The fourth-order valence-corrected chi connectivity index (χ4v) is 2.86. The molecule has 1 saturated carbocycles. The topological polar surface area (TPSA) is 91.8 Å². The largest absolute Gasteiger partial charge is 0.411 e. The molecule has 118 valence electrons. The van der Waals surface area contributed by atoms with Crippen LogP contribution in [0.2, 0.25) is 0 Å². The van der Waals surface area contributed by atoms with Gasteiger partial charge in [0.05, 0.1) is 11.8 Å². The van der Waals surface area contributed by atoms with Gasteiger partial charge in [-0.1, -0.05) is 30.0 Å². The Bertz CT molecular complexity index is 736. The predicted octanol–water partition coefficient (Wildman–Crippen LogP) is 2.64. The number of thioether (sulfide) groups is 1. The molecule has 1 amide bonds. The summed E-state index contributed by atoms with van der Waals surface area (Å²) in [6.45, 7) is 1.77. The van der Waals surface area contributed by atoms with Crippen LogP contribution in [-0.2, 0) is 4.79 Å². The Morgan fingerprint density at radius 2 is 2.17 bits per heavy atom. The summed E-state index contributed by atoms with van der Waals surface area (Å²) in [5.41, 5.74) is 0.0592. The number of carbonyl (C=O) groups is 1. The number of nitrogens with one attached hydrogen (secondary N) is 1. The Hall–Kier alpha value is -2.33. The van der Waals surface area contributed by atoms with E-state index in [1.165, 1.54) is 11.8 Å². The Morgan fingerprint density at radius 1 is 1.43 bits per heavy atom. The van der Waals surface area contributed by atoms with E-state index in [0.717, 1.165) is 18.4 Å². The van der Waals surface area contributed by atoms with E-state index in [0.29, 0.717) is 11.1 Å². The van der Waals surface area contributed by atoms with Crippen LogP contribution in [0.3, 0.4) is 0 Å². The van der Waals surface area contributed by atoms with Gasteiger partial charge in [-0.2, -0.15) is 5.26 Å². The van der Waals surface area contributed by atoms with E-state index in [-0.39, 0.29) is 17.6 Å². The van der Waals surface area contributed by atoms with Crippen LogP contribution in [0.1, 0.15) is 19.8 Å². The average Bonchev–Trinajstić information content (AvgIpc) is 3.33. The van der Waals surface area contributed by atoms with Gasteiger partial charge in [-0.3, -0.25) is 4.79 Å². The smallest absolute Gasteiger partial charge is 0.277 e. The Kier molecular flexibility index (Phi) is 4.35. The van der Waals surface area contributed by atoms with Crippen molar-refractivity contribution < 1.29 is 9.21 Å². The molecule has 1 aliphatic rings. The van der Waals surface area contributed by atoms with Gasteiger partial charge >= 0.3 is 0 Å². The summed E-state index contributed by atoms with van der Waals surface area (Å²) >= 11 is 1.17. The second-order valence-electron chi connectivity index (χ2n) is 5.66. The molecule has 2 aromatic rings. The summed E-state index contributed by atoms with van der Waals surface area (Å²) in [6, 6.07) is 11.6. The first-order chi connectivity index (χ1) is 11.1. The van der Waals surface area contributed by atoms with E-state index in [4.69, 9.17) is 4.42 Å². The number of nitriles is 1. The van der Waals surface area contributed by atoms with Crippen molar-refractivity contribution in [3.63, 3.8) is 0 Å². The van der Waals surface area contributed by atoms with Gasteiger partial charge in [0.1, 0.15) is 5.54 Å². The van der Waals surface area contributed by atoms with Gasteiger partial charge < -0.3 is 9.73 Å². The van der Waals surface area contributed by atoms with Gasteiger partial charge in [0.2, 0.25) is 11.8 Å². The second-order valence-corrected chi connectivity index (χ2v) is 6.59. The number of hydrogen-bond acceptors (Lipinski definition) is 6. The number of hydrogen-bond donors (Lipinski definition) is 1. The van der Waals surface area contributed by atoms with Crippen molar-refractivity contribution in [2.24, 2.45) is 5.92 Å². The van der Waals surface area contributed by atoms with E-state index in [9.17, 15) is 10.1 Å². The zero-order valence-electron chi connectivity index (χ0n) is 12.7. The molecule has 0 bridgehead atoms. The molecule has 1 aromatic carbocycles. The maximum Gasteiger partial charge on any atom is 0.277 e. The molecule has 1 fully saturated rings. The first-order valence-corrected chi connectivity index (χ1v) is 8.33. The molecule has 1 N–H and O–H groups in total. The molecule has 23 heavy (non-hydrogen) atoms.